The Hall–Kier alpha value is -2.50. The first-order chi connectivity index (χ1) is 9.33. The third kappa shape index (κ3) is 3.74. The van der Waals surface area contributed by atoms with Crippen molar-refractivity contribution in [1.82, 2.24) is 9.97 Å². The van der Waals surface area contributed by atoms with Crippen LogP contribution in [0.15, 0.2) is 30.5 Å². The lowest BCUT2D eigenvalue weighted by atomic mass is 10.1. The molecule has 0 aliphatic carbocycles. The highest BCUT2D eigenvalue weighted by Gasteiger charge is 2.16. The summed E-state index contributed by atoms with van der Waals surface area (Å²) in [5.41, 5.74) is 7.33. The number of H-pyrrole nitrogens is 1. The second-order valence-electron chi connectivity index (χ2n) is 5.39. The lowest BCUT2D eigenvalue weighted by Gasteiger charge is -2.19. The van der Waals surface area contributed by atoms with E-state index in [4.69, 9.17) is 10.5 Å². The molecule has 0 saturated heterocycles. The first kappa shape index (κ1) is 13.9. The van der Waals surface area contributed by atoms with Crippen LogP contribution in [-0.2, 0) is 4.74 Å². The molecule has 2 aromatic rings. The molecule has 1 aromatic heterocycles. The second-order valence-corrected chi connectivity index (χ2v) is 5.39. The number of hydrogen-bond acceptors (Lipinski definition) is 4. The Labute approximate surface area is 117 Å². The molecule has 6 nitrogen and oxygen atoms in total. The molecule has 0 saturated carbocycles. The van der Waals surface area contributed by atoms with Crippen LogP contribution in [0.3, 0.4) is 0 Å². The number of nitrogens with one attached hydrogen (secondary N) is 2. The van der Waals surface area contributed by atoms with E-state index in [0.717, 1.165) is 11.3 Å². The van der Waals surface area contributed by atoms with Crippen LogP contribution in [0.1, 0.15) is 20.8 Å². The predicted octanol–water partition coefficient (Wildman–Crippen LogP) is 3.01. The summed E-state index contributed by atoms with van der Waals surface area (Å²) in [6, 6.07) is 7.33. The molecule has 2 rings (SSSR count). The molecule has 1 amide bonds. The summed E-state index contributed by atoms with van der Waals surface area (Å²) in [5, 5.41) is 2.69. The quantitative estimate of drug-likeness (QED) is 0.784. The lowest BCUT2D eigenvalue weighted by molar-refractivity contribution is 0.0636. The summed E-state index contributed by atoms with van der Waals surface area (Å²) >= 11 is 0. The maximum absolute atomic E-state index is 11.7. The van der Waals surface area contributed by atoms with Gasteiger partial charge in [0.25, 0.3) is 0 Å². The molecule has 1 heterocycles. The van der Waals surface area contributed by atoms with Gasteiger partial charge in [0.1, 0.15) is 5.60 Å². The van der Waals surface area contributed by atoms with E-state index in [1.165, 1.54) is 0 Å². The van der Waals surface area contributed by atoms with Crippen molar-refractivity contribution in [2.45, 2.75) is 26.4 Å². The van der Waals surface area contributed by atoms with Gasteiger partial charge in [0, 0.05) is 11.3 Å². The average Bonchev–Trinajstić information content (AvgIpc) is 2.73. The van der Waals surface area contributed by atoms with Crippen molar-refractivity contribution in [2.75, 3.05) is 11.1 Å². The number of aromatic amines is 1. The Morgan fingerprint density at radius 3 is 2.75 bits per heavy atom. The number of benzene rings is 1. The fourth-order valence-electron chi connectivity index (χ4n) is 1.67. The number of ether oxygens (including phenoxy) is 1. The van der Waals surface area contributed by atoms with Crippen LogP contribution in [0, 0.1) is 0 Å². The standard InChI is InChI=1S/C14H18N4O2/c1-14(2,3)20-13(19)17-10-6-4-5-9(7-10)11-8-16-12(15)18-11/h4-8H,1-3H3,(H,17,19)(H3,15,16,18). The number of anilines is 2. The molecule has 0 aliphatic heterocycles. The second kappa shape index (κ2) is 5.24. The zero-order valence-corrected chi connectivity index (χ0v) is 11.7. The van der Waals surface area contributed by atoms with Gasteiger partial charge in [-0.1, -0.05) is 12.1 Å². The normalized spacial score (nSPS) is 11.2. The third-order valence-electron chi connectivity index (χ3n) is 2.41. The van der Waals surface area contributed by atoms with Gasteiger partial charge in [-0.15, -0.1) is 0 Å². The van der Waals surface area contributed by atoms with Gasteiger partial charge in [0.15, 0.2) is 5.95 Å². The number of amides is 1. The summed E-state index contributed by atoms with van der Waals surface area (Å²) in [6.07, 6.45) is 1.15. The van der Waals surface area contributed by atoms with Crippen molar-refractivity contribution in [1.29, 1.82) is 0 Å². The summed E-state index contributed by atoms with van der Waals surface area (Å²) < 4.78 is 5.20. The van der Waals surface area contributed by atoms with Crippen molar-refractivity contribution in [3.63, 3.8) is 0 Å². The van der Waals surface area contributed by atoms with Gasteiger partial charge in [0.2, 0.25) is 0 Å². The number of nitrogen functional groups attached to an aromatic ring is 1. The summed E-state index contributed by atoms with van der Waals surface area (Å²) in [4.78, 5) is 18.6. The minimum Gasteiger partial charge on any atom is -0.444 e. The Bertz CT molecular complexity index is 614. The fraction of sp³-hybridized carbons (Fsp3) is 0.286. The molecule has 4 N–H and O–H groups in total. The highest BCUT2D eigenvalue weighted by molar-refractivity contribution is 5.86. The molecule has 1 aromatic carbocycles. The van der Waals surface area contributed by atoms with Gasteiger partial charge in [-0.05, 0) is 32.9 Å². The third-order valence-corrected chi connectivity index (χ3v) is 2.41. The lowest BCUT2D eigenvalue weighted by Crippen LogP contribution is -2.27. The van der Waals surface area contributed by atoms with Gasteiger partial charge in [-0.25, -0.2) is 9.78 Å². The minimum absolute atomic E-state index is 0.352. The smallest absolute Gasteiger partial charge is 0.412 e. The monoisotopic (exact) mass is 274 g/mol. The van der Waals surface area contributed by atoms with Crippen LogP contribution in [-0.4, -0.2) is 21.7 Å². The highest BCUT2D eigenvalue weighted by atomic mass is 16.6. The first-order valence-corrected chi connectivity index (χ1v) is 6.24. The number of nitrogens with zero attached hydrogens (tertiary/aromatic N) is 1. The van der Waals surface area contributed by atoms with Gasteiger partial charge in [-0.2, -0.15) is 0 Å². The van der Waals surface area contributed by atoms with Crippen LogP contribution >= 0.6 is 0 Å². The minimum atomic E-state index is -0.528. The number of nitrogens with two attached hydrogens (primary N) is 1. The van der Waals surface area contributed by atoms with E-state index in [9.17, 15) is 4.79 Å². The van der Waals surface area contributed by atoms with Crippen LogP contribution < -0.4 is 11.1 Å². The molecule has 0 aliphatic rings. The molecule has 0 unspecified atom stereocenters. The Kier molecular flexibility index (Phi) is 3.65. The van der Waals surface area contributed by atoms with Crippen LogP contribution in [0.4, 0.5) is 16.4 Å². The molecule has 0 fully saturated rings. The van der Waals surface area contributed by atoms with Crippen LogP contribution in [0.25, 0.3) is 11.3 Å². The first-order valence-electron chi connectivity index (χ1n) is 6.24. The van der Waals surface area contributed by atoms with Crippen molar-refractivity contribution in [3.8, 4) is 11.3 Å². The molecule has 0 spiro atoms. The number of imidazole rings is 1. The number of carbonyl (C=O) groups is 1. The summed E-state index contributed by atoms with van der Waals surface area (Å²) in [7, 11) is 0. The maximum Gasteiger partial charge on any atom is 0.412 e. The maximum atomic E-state index is 11.7. The van der Waals surface area contributed by atoms with Crippen molar-refractivity contribution < 1.29 is 9.53 Å². The summed E-state index contributed by atoms with van der Waals surface area (Å²) in [6.45, 7) is 5.45. The Morgan fingerprint density at radius 2 is 2.15 bits per heavy atom. The Morgan fingerprint density at radius 1 is 1.40 bits per heavy atom. The SMILES string of the molecule is CC(C)(C)OC(=O)Nc1cccc(-c2cnc(N)[nH]2)c1. The van der Waals surface area contributed by atoms with Crippen molar-refractivity contribution >= 4 is 17.7 Å². The molecular weight excluding hydrogens is 256 g/mol. The van der Waals surface area contributed by atoms with E-state index in [1.807, 2.05) is 39.0 Å². The van der Waals surface area contributed by atoms with E-state index in [2.05, 4.69) is 15.3 Å². The molecule has 0 atom stereocenters. The predicted molar refractivity (Wildman–Crippen MR) is 78.3 cm³/mol. The fourth-order valence-corrected chi connectivity index (χ4v) is 1.67. The summed E-state index contributed by atoms with van der Waals surface area (Å²) in [5.74, 6) is 0.352. The number of carbonyl (C=O) groups excluding carboxylic acids is 1. The van der Waals surface area contributed by atoms with Crippen LogP contribution in [0.5, 0.6) is 0 Å². The van der Waals surface area contributed by atoms with E-state index < -0.39 is 11.7 Å². The van der Waals surface area contributed by atoms with Crippen LogP contribution in [0.2, 0.25) is 0 Å². The largest absolute Gasteiger partial charge is 0.444 e. The van der Waals surface area contributed by atoms with Gasteiger partial charge < -0.3 is 15.5 Å². The van der Waals surface area contributed by atoms with E-state index in [1.54, 1.807) is 12.3 Å². The zero-order chi connectivity index (χ0) is 14.8. The van der Waals surface area contributed by atoms with Gasteiger partial charge in [0.05, 0.1) is 11.9 Å². The van der Waals surface area contributed by atoms with E-state index >= 15 is 0 Å². The number of aromatic nitrogens is 2. The average molecular weight is 274 g/mol. The molecular formula is C14H18N4O2. The Balaban J connectivity index is 2.12. The number of hydrogen-bond donors (Lipinski definition) is 3. The van der Waals surface area contributed by atoms with Crippen molar-refractivity contribution in [3.05, 3.63) is 30.5 Å². The highest BCUT2D eigenvalue weighted by Crippen LogP contribution is 2.22. The molecule has 106 valence electrons. The molecule has 0 bridgehead atoms. The number of rotatable bonds is 2. The topological polar surface area (TPSA) is 93.0 Å². The van der Waals surface area contributed by atoms with Gasteiger partial charge >= 0.3 is 6.09 Å². The molecule has 0 radical (unpaired) electrons. The zero-order valence-electron chi connectivity index (χ0n) is 11.7. The van der Waals surface area contributed by atoms with E-state index in [0.29, 0.717) is 11.6 Å². The molecule has 6 heteroatoms. The van der Waals surface area contributed by atoms with Gasteiger partial charge in [-0.3, -0.25) is 5.32 Å². The van der Waals surface area contributed by atoms with E-state index in [-0.39, 0.29) is 0 Å². The van der Waals surface area contributed by atoms with Crippen molar-refractivity contribution in [2.24, 2.45) is 0 Å². The molecule has 20 heavy (non-hydrogen) atoms.